The first kappa shape index (κ1) is 11.0. The zero-order valence-corrected chi connectivity index (χ0v) is 8.84. The van der Waals surface area contributed by atoms with Crippen LogP contribution in [0.4, 0.5) is 0 Å². The second kappa shape index (κ2) is 6.39. The highest BCUT2D eigenvalue weighted by Gasteiger charge is 2.14. The van der Waals surface area contributed by atoms with Crippen molar-refractivity contribution in [2.45, 2.75) is 51.5 Å². The first-order valence-corrected chi connectivity index (χ1v) is 5.69. The summed E-state index contributed by atoms with van der Waals surface area (Å²) in [6, 6.07) is 0.672. The SMILES string of the molecule is C[C@H](CCCO)N1CCCCCC1. The minimum atomic E-state index is 0.345. The molecule has 0 spiro atoms. The third-order valence-electron chi connectivity index (χ3n) is 3.04. The Morgan fingerprint density at radius 1 is 1.15 bits per heavy atom. The molecule has 2 heteroatoms. The summed E-state index contributed by atoms with van der Waals surface area (Å²) in [5, 5.41) is 8.75. The molecule has 0 radical (unpaired) electrons. The van der Waals surface area contributed by atoms with Gasteiger partial charge in [-0.25, -0.2) is 0 Å². The second-order valence-corrected chi connectivity index (χ2v) is 4.17. The number of hydrogen-bond donors (Lipinski definition) is 1. The number of aliphatic hydroxyl groups is 1. The molecule has 1 fully saturated rings. The number of rotatable bonds is 4. The van der Waals surface area contributed by atoms with Gasteiger partial charge in [0.15, 0.2) is 0 Å². The first-order valence-electron chi connectivity index (χ1n) is 5.69. The van der Waals surface area contributed by atoms with E-state index in [1.807, 2.05) is 0 Å². The molecule has 1 N–H and O–H groups in total. The van der Waals surface area contributed by atoms with Crippen molar-refractivity contribution in [1.82, 2.24) is 4.90 Å². The molecule has 78 valence electrons. The zero-order chi connectivity index (χ0) is 9.52. The van der Waals surface area contributed by atoms with Crippen LogP contribution < -0.4 is 0 Å². The van der Waals surface area contributed by atoms with Crippen LogP contribution in [0.1, 0.15) is 45.4 Å². The topological polar surface area (TPSA) is 23.5 Å². The summed E-state index contributed by atoms with van der Waals surface area (Å²) < 4.78 is 0. The maximum Gasteiger partial charge on any atom is 0.0431 e. The molecule has 13 heavy (non-hydrogen) atoms. The molecule has 2 nitrogen and oxygen atoms in total. The fourth-order valence-corrected chi connectivity index (χ4v) is 2.11. The molecular formula is C11H23NO. The van der Waals surface area contributed by atoms with Gasteiger partial charge in [-0.15, -0.1) is 0 Å². The van der Waals surface area contributed by atoms with E-state index in [1.165, 1.54) is 38.8 Å². The molecule has 0 unspecified atom stereocenters. The summed E-state index contributed by atoms with van der Waals surface area (Å²) in [5.41, 5.74) is 0. The lowest BCUT2D eigenvalue weighted by molar-refractivity contribution is 0.190. The van der Waals surface area contributed by atoms with Gasteiger partial charge in [-0.05, 0) is 45.7 Å². The van der Waals surface area contributed by atoms with E-state index in [4.69, 9.17) is 5.11 Å². The molecule has 1 saturated heterocycles. The lowest BCUT2D eigenvalue weighted by Crippen LogP contribution is -2.33. The largest absolute Gasteiger partial charge is 0.396 e. The van der Waals surface area contributed by atoms with Crippen molar-refractivity contribution in [2.75, 3.05) is 19.7 Å². The summed E-state index contributed by atoms with van der Waals surface area (Å²) in [6.45, 7) is 5.18. The van der Waals surface area contributed by atoms with Gasteiger partial charge in [-0.1, -0.05) is 12.8 Å². The van der Waals surface area contributed by atoms with E-state index in [-0.39, 0.29) is 0 Å². The number of likely N-dealkylation sites (tertiary alicyclic amines) is 1. The highest BCUT2D eigenvalue weighted by Crippen LogP contribution is 2.14. The van der Waals surface area contributed by atoms with E-state index < -0.39 is 0 Å². The van der Waals surface area contributed by atoms with Gasteiger partial charge in [0.1, 0.15) is 0 Å². The molecule has 0 aliphatic carbocycles. The van der Waals surface area contributed by atoms with Crippen LogP contribution in [0, 0.1) is 0 Å². The predicted molar refractivity (Wildman–Crippen MR) is 55.8 cm³/mol. The molecule has 1 atom stereocenters. The predicted octanol–water partition coefficient (Wildman–Crippen LogP) is 2.02. The van der Waals surface area contributed by atoms with Gasteiger partial charge >= 0.3 is 0 Å². The molecule has 0 aromatic rings. The van der Waals surface area contributed by atoms with Gasteiger partial charge in [-0.3, -0.25) is 0 Å². The summed E-state index contributed by atoms with van der Waals surface area (Å²) in [4.78, 5) is 2.59. The van der Waals surface area contributed by atoms with Gasteiger partial charge in [0.05, 0.1) is 0 Å². The summed E-state index contributed by atoms with van der Waals surface area (Å²) in [6.07, 6.45) is 7.65. The van der Waals surface area contributed by atoms with Crippen LogP contribution in [0.3, 0.4) is 0 Å². The lowest BCUT2D eigenvalue weighted by Gasteiger charge is -2.27. The Morgan fingerprint density at radius 3 is 2.31 bits per heavy atom. The lowest BCUT2D eigenvalue weighted by atomic mass is 10.1. The van der Waals surface area contributed by atoms with Crippen molar-refractivity contribution in [3.05, 3.63) is 0 Å². The Balaban J connectivity index is 2.22. The quantitative estimate of drug-likeness (QED) is 0.724. The van der Waals surface area contributed by atoms with Gasteiger partial charge in [-0.2, -0.15) is 0 Å². The van der Waals surface area contributed by atoms with Crippen molar-refractivity contribution in [1.29, 1.82) is 0 Å². The molecule has 1 aliphatic rings. The van der Waals surface area contributed by atoms with Crippen molar-refractivity contribution < 1.29 is 5.11 Å². The van der Waals surface area contributed by atoms with Crippen LogP contribution in [-0.2, 0) is 0 Å². The monoisotopic (exact) mass is 185 g/mol. The van der Waals surface area contributed by atoms with E-state index in [1.54, 1.807) is 0 Å². The standard InChI is InChI=1S/C11H23NO/c1-11(7-6-10-13)12-8-4-2-3-5-9-12/h11,13H,2-10H2,1H3/t11-/m1/s1. The van der Waals surface area contributed by atoms with Gasteiger partial charge < -0.3 is 10.0 Å². The van der Waals surface area contributed by atoms with E-state index in [2.05, 4.69) is 11.8 Å². The van der Waals surface area contributed by atoms with Crippen LogP contribution in [-0.4, -0.2) is 35.7 Å². The second-order valence-electron chi connectivity index (χ2n) is 4.17. The zero-order valence-electron chi connectivity index (χ0n) is 8.84. The maximum absolute atomic E-state index is 8.75. The smallest absolute Gasteiger partial charge is 0.0431 e. The fraction of sp³-hybridized carbons (Fsp3) is 1.00. The first-order chi connectivity index (χ1) is 6.34. The van der Waals surface area contributed by atoms with Crippen LogP contribution >= 0.6 is 0 Å². The average molecular weight is 185 g/mol. The van der Waals surface area contributed by atoms with E-state index in [0.717, 1.165) is 12.8 Å². The molecule has 0 amide bonds. The fourth-order valence-electron chi connectivity index (χ4n) is 2.11. The minimum Gasteiger partial charge on any atom is -0.396 e. The maximum atomic E-state index is 8.75. The van der Waals surface area contributed by atoms with Crippen LogP contribution in [0.15, 0.2) is 0 Å². The highest BCUT2D eigenvalue weighted by molar-refractivity contribution is 4.70. The molecule has 1 heterocycles. The summed E-state index contributed by atoms with van der Waals surface area (Å²) in [5.74, 6) is 0. The normalized spacial score (nSPS) is 22.6. The number of aliphatic hydroxyl groups excluding tert-OH is 1. The van der Waals surface area contributed by atoms with Crippen molar-refractivity contribution in [2.24, 2.45) is 0 Å². The molecule has 0 aromatic carbocycles. The molecular weight excluding hydrogens is 162 g/mol. The van der Waals surface area contributed by atoms with Gasteiger partial charge in [0, 0.05) is 12.6 Å². The minimum absolute atomic E-state index is 0.345. The molecule has 0 bridgehead atoms. The summed E-state index contributed by atoms with van der Waals surface area (Å²) >= 11 is 0. The van der Waals surface area contributed by atoms with Crippen LogP contribution in [0.25, 0.3) is 0 Å². The number of hydrogen-bond acceptors (Lipinski definition) is 2. The van der Waals surface area contributed by atoms with E-state index >= 15 is 0 Å². The third-order valence-corrected chi connectivity index (χ3v) is 3.04. The highest BCUT2D eigenvalue weighted by atomic mass is 16.2. The van der Waals surface area contributed by atoms with Crippen molar-refractivity contribution in [3.8, 4) is 0 Å². The average Bonchev–Trinajstić information content (AvgIpc) is 2.42. The molecule has 0 saturated carbocycles. The number of nitrogens with zero attached hydrogens (tertiary/aromatic N) is 1. The molecule has 0 aromatic heterocycles. The van der Waals surface area contributed by atoms with E-state index in [0.29, 0.717) is 12.6 Å². The Hall–Kier alpha value is -0.0800. The van der Waals surface area contributed by atoms with E-state index in [9.17, 15) is 0 Å². The summed E-state index contributed by atoms with van der Waals surface area (Å²) in [7, 11) is 0. The third kappa shape index (κ3) is 4.10. The van der Waals surface area contributed by atoms with Crippen LogP contribution in [0.2, 0.25) is 0 Å². The Labute approximate surface area is 81.9 Å². The van der Waals surface area contributed by atoms with Crippen molar-refractivity contribution in [3.63, 3.8) is 0 Å². The Morgan fingerprint density at radius 2 is 1.77 bits per heavy atom. The Bertz CT molecular complexity index is 119. The van der Waals surface area contributed by atoms with Gasteiger partial charge in [0.25, 0.3) is 0 Å². The molecule has 1 rings (SSSR count). The van der Waals surface area contributed by atoms with Gasteiger partial charge in [0.2, 0.25) is 0 Å². The van der Waals surface area contributed by atoms with Crippen LogP contribution in [0.5, 0.6) is 0 Å². The Kier molecular flexibility index (Phi) is 5.40. The molecule has 1 aliphatic heterocycles. The van der Waals surface area contributed by atoms with Crippen molar-refractivity contribution >= 4 is 0 Å².